The van der Waals surface area contributed by atoms with Crippen molar-refractivity contribution in [2.75, 3.05) is 26.3 Å². The summed E-state index contributed by atoms with van der Waals surface area (Å²) in [5.74, 6) is 0. The van der Waals surface area contributed by atoms with Crippen LogP contribution in [0.5, 0.6) is 0 Å². The number of ether oxygens (including phenoxy) is 2. The first-order valence-corrected chi connectivity index (χ1v) is 5.89. The molecule has 2 fully saturated rings. The standard InChI is InChI=1S/C11H21NO2/c1-2-10(3-7-12-6-1)14-11-4-8-13-9-5-11/h10-12H,1-9H2. The number of hydrogen-bond donors (Lipinski definition) is 1. The van der Waals surface area contributed by atoms with Gasteiger partial charge in [0.1, 0.15) is 0 Å². The Morgan fingerprint density at radius 3 is 2.57 bits per heavy atom. The number of nitrogens with one attached hydrogen (secondary N) is 1. The van der Waals surface area contributed by atoms with E-state index in [-0.39, 0.29) is 0 Å². The smallest absolute Gasteiger partial charge is 0.0622 e. The van der Waals surface area contributed by atoms with Gasteiger partial charge in [-0.2, -0.15) is 0 Å². The Morgan fingerprint density at radius 1 is 0.929 bits per heavy atom. The second-order valence-electron chi connectivity index (χ2n) is 4.25. The predicted octanol–water partition coefficient (Wildman–Crippen LogP) is 1.32. The molecular formula is C11H21NO2. The van der Waals surface area contributed by atoms with Gasteiger partial charge in [0.15, 0.2) is 0 Å². The van der Waals surface area contributed by atoms with E-state index in [1.54, 1.807) is 0 Å². The lowest BCUT2D eigenvalue weighted by atomic mass is 10.1. The maximum atomic E-state index is 6.09. The average Bonchev–Trinajstić information content (AvgIpc) is 2.48. The fourth-order valence-electron chi connectivity index (χ4n) is 2.21. The highest BCUT2D eigenvalue weighted by atomic mass is 16.5. The molecule has 0 saturated carbocycles. The lowest BCUT2D eigenvalue weighted by molar-refractivity contribution is -0.0710. The topological polar surface area (TPSA) is 30.5 Å². The lowest BCUT2D eigenvalue weighted by Crippen LogP contribution is -2.28. The van der Waals surface area contributed by atoms with Gasteiger partial charge in [0.05, 0.1) is 12.2 Å². The van der Waals surface area contributed by atoms with Gasteiger partial charge in [-0.1, -0.05) is 0 Å². The molecule has 82 valence electrons. The minimum absolute atomic E-state index is 0.465. The predicted molar refractivity (Wildman–Crippen MR) is 55.4 cm³/mol. The summed E-state index contributed by atoms with van der Waals surface area (Å²) < 4.78 is 11.4. The van der Waals surface area contributed by atoms with Gasteiger partial charge in [-0.05, 0) is 45.2 Å². The van der Waals surface area contributed by atoms with Gasteiger partial charge in [-0.15, -0.1) is 0 Å². The summed E-state index contributed by atoms with van der Waals surface area (Å²) in [4.78, 5) is 0. The van der Waals surface area contributed by atoms with Crippen LogP contribution in [0.1, 0.15) is 32.1 Å². The third-order valence-electron chi connectivity index (χ3n) is 3.08. The molecule has 3 heteroatoms. The molecular weight excluding hydrogens is 178 g/mol. The maximum absolute atomic E-state index is 6.09. The van der Waals surface area contributed by atoms with E-state index in [4.69, 9.17) is 9.47 Å². The summed E-state index contributed by atoms with van der Waals surface area (Å²) in [7, 11) is 0. The van der Waals surface area contributed by atoms with Gasteiger partial charge < -0.3 is 14.8 Å². The average molecular weight is 199 g/mol. The van der Waals surface area contributed by atoms with Crippen molar-refractivity contribution >= 4 is 0 Å². The first-order valence-electron chi connectivity index (χ1n) is 5.89. The Morgan fingerprint density at radius 2 is 1.71 bits per heavy atom. The van der Waals surface area contributed by atoms with Crippen molar-refractivity contribution in [3.63, 3.8) is 0 Å². The highest BCUT2D eigenvalue weighted by molar-refractivity contribution is 4.70. The van der Waals surface area contributed by atoms with Crippen LogP contribution in [0.3, 0.4) is 0 Å². The van der Waals surface area contributed by atoms with Gasteiger partial charge in [0.25, 0.3) is 0 Å². The van der Waals surface area contributed by atoms with Crippen LogP contribution in [-0.4, -0.2) is 38.5 Å². The molecule has 2 aliphatic rings. The zero-order chi connectivity index (χ0) is 9.64. The highest BCUT2D eigenvalue weighted by Gasteiger charge is 2.20. The van der Waals surface area contributed by atoms with Crippen molar-refractivity contribution in [1.29, 1.82) is 0 Å². The Kier molecular flexibility index (Phi) is 4.22. The van der Waals surface area contributed by atoms with Crippen molar-refractivity contribution in [2.24, 2.45) is 0 Å². The monoisotopic (exact) mass is 199 g/mol. The van der Waals surface area contributed by atoms with E-state index in [9.17, 15) is 0 Å². The quantitative estimate of drug-likeness (QED) is 0.727. The van der Waals surface area contributed by atoms with E-state index < -0.39 is 0 Å². The van der Waals surface area contributed by atoms with Gasteiger partial charge in [0, 0.05) is 13.2 Å². The summed E-state index contributed by atoms with van der Waals surface area (Å²) in [5.41, 5.74) is 0. The normalized spacial score (nSPS) is 31.3. The maximum Gasteiger partial charge on any atom is 0.0622 e. The van der Waals surface area contributed by atoms with Crippen molar-refractivity contribution < 1.29 is 9.47 Å². The van der Waals surface area contributed by atoms with Crippen molar-refractivity contribution in [2.45, 2.75) is 44.3 Å². The first kappa shape index (κ1) is 10.4. The highest BCUT2D eigenvalue weighted by Crippen LogP contribution is 2.17. The first-order chi connectivity index (χ1) is 6.95. The second-order valence-corrected chi connectivity index (χ2v) is 4.25. The summed E-state index contributed by atoms with van der Waals surface area (Å²) in [6.45, 7) is 4.05. The molecule has 0 spiro atoms. The zero-order valence-electron chi connectivity index (χ0n) is 8.84. The van der Waals surface area contributed by atoms with Crippen molar-refractivity contribution in [3.8, 4) is 0 Å². The lowest BCUT2D eigenvalue weighted by Gasteiger charge is -2.27. The molecule has 2 heterocycles. The van der Waals surface area contributed by atoms with Crippen LogP contribution in [0.4, 0.5) is 0 Å². The Hall–Kier alpha value is -0.120. The Bertz CT molecular complexity index is 149. The molecule has 0 amide bonds. The molecule has 2 rings (SSSR count). The van der Waals surface area contributed by atoms with Gasteiger partial charge in [-0.3, -0.25) is 0 Å². The third-order valence-corrected chi connectivity index (χ3v) is 3.08. The van der Waals surface area contributed by atoms with Crippen molar-refractivity contribution in [3.05, 3.63) is 0 Å². The minimum Gasteiger partial charge on any atom is -0.381 e. The van der Waals surface area contributed by atoms with Crippen LogP contribution < -0.4 is 5.32 Å². The molecule has 0 bridgehead atoms. The molecule has 0 aliphatic carbocycles. The van der Waals surface area contributed by atoms with Crippen LogP contribution in [0.2, 0.25) is 0 Å². The molecule has 1 N–H and O–H groups in total. The SMILES string of the molecule is C1CNCCC(OC2CCOCC2)C1. The van der Waals surface area contributed by atoms with E-state index in [0.29, 0.717) is 12.2 Å². The van der Waals surface area contributed by atoms with Crippen LogP contribution in [-0.2, 0) is 9.47 Å². The minimum atomic E-state index is 0.465. The molecule has 3 nitrogen and oxygen atoms in total. The third kappa shape index (κ3) is 3.23. The molecule has 0 radical (unpaired) electrons. The molecule has 0 aromatic heterocycles. The van der Waals surface area contributed by atoms with E-state index >= 15 is 0 Å². The van der Waals surface area contributed by atoms with E-state index in [1.807, 2.05) is 0 Å². The zero-order valence-corrected chi connectivity index (χ0v) is 8.84. The summed E-state index contributed by atoms with van der Waals surface area (Å²) in [6.07, 6.45) is 6.80. The fourth-order valence-corrected chi connectivity index (χ4v) is 2.21. The molecule has 0 aromatic carbocycles. The van der Waals surface area contributed by atoms with Crippen LogP contribution >= 0.6 is 0 Å². The molecule has 1 unspecified atom stereocenters. The van der Waals surface area contributed by atoms with E-state index in [2.05, 4.69) is 5.32 Å². The molecule has 14 heavy (non-hydrogen) atoms. The fraction of sp³-hybridized carbons (Fsp3) is 1.00. The van der Waals surface area contributed by atoms with Crippen LogP contribution in [0.15, 0.2) is 0 Å². The van der Waals surface area contributed by atoms with Crippen LogP contribution in [0, 0.1) is 0 Å². The molecule has 2 saturated heterocycles. The molecule has 0 aromatic rings. The number of hydrogen-bond acceptors (Lipinski definition) is 3. The summed E-state index contributed by atoms with van der Waals surface area (Å²) in [6, 6.07) is 0. The van der Waals surface area contributed by atoms with Gasteiger partial charge in [-0.25, -0.2) is 0 Å². The molecule has 2 aliphatic heterocycles. The Balaban J connectivity index is 1.71. The van der Waals surface area contributed by atoms with Gasteiger partial charge in [0.2, 0.25) is 0 Å². The number of rotatable bonds is 2. The van der Waals surface area contributed by atoms with Crippen molar-refractivity contribution in [1.82, 2.24) is 5.32 Å². The van der Waals surface area contributed by atoms with Gasteiger partial charge >= 0.3 is 0 Å². The van der Waals surface area contributed by atoms with E-state index in [0.717, 1.165) is 39.1 Å². The molecule has 1 atom stereocenters. The second kappa shape index (κ2) is 5.69. The Labute approximate surface area is 86.2 Å². The largest absolute Gasteiger partial charge is 0.381 e. The van der Waals surface area contributed by atoms with Crippen LogP contribution in [0.25, 0.3) is 0 Å². The van der Waals surface area contributed by atoms with E-state index in [1.165, 1.54) is 19.3 Å². The summed E-state index contributed by atoms with van der Waals surface area (Å²) in [5, 5.41) is 3.41. The summed E-state index contributed by atoms with van der Waals surface area (Å²) >= 11 is 0.